The van der Waals surface area contributed by atoms with Crippen molar-refractivity contribution in [2.45, 2.75) is 64.9 Å². The number of carbonyl (C=O) groups is 4. The zero-order valence-corrected chi connectivity index (χ0v) is 19.5. The maximum absolute atomic E-state index is 11.9. The molecule has 0 spiro atoms. The first-order valence-corrected chi connectivity index (χ1v) is 11.0. The Labute approximate surface area is 193 Å². The molecule has 0 radical (unpaired) electrons. The number of ether oxygens (including phenoxy) is 1. The molecule has 0 heterocycles. The van der Waals surface area contributed by atoms with Crippen LogP contribution in [0.25, 0.3) is 0 Å². The predicted molar refractivity (Wildman–Crippen MR) is 120 cm³/mol. The number of hydrogen-bond donors (Lipinski definition) is 3. The van der Waals surface area contributed by atoms with Crippen molar-refractivity contribution in [1.29, 1.82) is 0 Å². The van der Waals surface area contributed by atoms with Gasteiger partial charge in [-0.3, -0.25) is 9.68 Å². The van der Waals surface area contributed by atoms with E-state index >= 15 is 0 Å². The standard InChI is InChI=1S/C23H34N2O8/c1-23(2,3)32-22(30)25-15-11-7-5-4-6-10-14-24-19(26)16-31-33-21(29)18-13-9-8-12-17(18)20(27)28/h8-9,12-13H,4-7,10-11,14-16H2,1-3H3,(H,24,26)(H,25,30)(H,27,28). The Balaban J connectivity index is 2.02. The van der Waals surface area contributed by atoms with Crippen LogP contribution in [0.15, 0.2) is 24.3 Å². The number of benzene rings is 1. The van der Waals surface area contributed by atoms with Crippen LogP contribution in [0.5, 0.6) is 0 Å². The minimum Gasteiger partial charge on any atom is -0.478 e. The quantitative estimate of drug-likeness (QED) is 0.215. The van der Waals surface area contributed by atoms with Crippen molar-refractivity contribution in [2.75, 3.05) is 19.7 Å². The Kier molecular flexibility index (Phi) is 12.5. The molecule has 0 aromatic heterocycles. The van der Waals surface area contributed by atoms with Gasteiger partial charge >= 0.3 is 18.0 Å². The second-order valence-electron chi connectivity index (χ2n) is 8.38. The summed E-state index contributed by atoms with van der Waals surface area (Å²) in [6.07, 6.45) is 5.26. The average molecular weight is 467 g/mol. The van der Waals surface area contributed by atoms with E-state index in [1.165, 1.54) is 24.3 Å². The van der Waals surface area contributed by atoms with Gasteiger partial charge in [0.1, 0.15) is 5.60 Å². The zero-order valence-electron chi connectivity index (χ0n) is 19.5. The highest BCUT2D eigenvalue weighted by molar-refractivity contribution is 6.02. The Bertz CT molecular complexity index is 789. The molecule has 184 valence electrons. The van der Waals surface area contributed by atoms with Gasteiger partial charge in [0.05, 0.1) is 11.1 Å². The van der Waals surface area contributed by atoms with Crippen LogP contribution in [0.3, 0.4) is 0 Å². The normalized spacial score (nSPS) is 10.9. The third-order valence-corrected chi connectivity index (χ3v) is 4.30. The number of carbonyl (C=O) groups excluding carboxylic acids is 3. The molecule has 0 bridgehead atoms. The second-order valence-corrected chi connectivity index (χ2v) is 8.38. The number of alkyl carbamates (subject to hydrolysis) is 1. The lowest BCUT2D eigenvalue weighted by Gasteiger charge is -2.19. The zero-order chi connectivity index (χ0) is 24.7. The van der Waals surface area contributed by atoms with Gasteiger partial charge in [-0.15, -0.1) is 0 Å². The second kappa shape index (κ2) is 14.8. The third kappa shape index (κ3) is 13.1. The maximum Gasteiger partial charge on any atom is 0.407 e. The molecule has 3 N–H and O–H groups in total. The van der Waals surface area contributed by atoms with Crippen LogP contribution in [0.4, 0.5) is 4.79 Å². The van der Waals surface area contributed by atoms with Crippen LogP contribution in [-0.4, -0.2) is 54.3 Å². The highest BCUT2D eigenvalue weighted by atomic mass is 17.2. The van der Waals surface area contributed by atoms with E-state index in [9.17, 15) is 19.2 Å². The van der Waals surface area contributed by atoms with Crippen molar-refractivity contribution >= 4 is 23.9 Å². The molecule has 0 saturated heterocycles. The molecule has 0 aliphatic rings. The van der Waals surface area contributed by atoms with Crippen LogP contribution >= 0.6 is 0 Å². The number of carboxylic acid groups (broad SMARTS) is 1. The molecule has 1 rings (SSSR count). The van der Waals surface area contributed by atoms with Crippen molar-refractivity contribution in [1.82, 2.24) is 10.6 Å². The molecule has 0 aliphatic heterocycles. The fourth-order valence-corrected chi connectivity index (χ4v) is 2.77. The number of aromatic carboxylic acids is 1. The first-order chi connectivity index (χ1) is 15.6. The summed E-state index contributed by atoms with van der Waals surface area (Å²) in [6.45, 7) is 6.03. The van der Waals surface area contributed by atoms with E-state index in [4.69, 9.17) is 9.84 Å². The Hall–Kier alpha value is -3.14. The number of hydrogen-bond acceptors (Lipinski definition) is 7. The van der Waals surface area contributed by atoms with Gasteiger partial charge in [0.15, 0.2) is 6.61 Å². The number of amides is 2. The topological polar surface area (TPSA) is 140 Å². The van der Waals surface area contributed by atoms with E-state index in [0.29, 0.717) is 13.1 Å². The first kappa shape index (κ1) is 27.9. The molecule has 0 atom stereocenters. The number of nitrogens with one attached hydrogen (secondary N) is 2. The molecule has 0 fully saturated rings. The van der Waals surface area contributed by atoms with Gasteiger partial charge in [0, 0.05) is 13.1 Å². The summed E-state index contributed by atoms with van der Waals surface area (Å²) in [5, 5.41) is 14.4. The Morgan fingerprint density at radius 2 is 1.39 bits per heavy atom. The summed E-state index contributed by atoms with van der Waals surface area (Å²) < 4.78 is 5.16. The maximum atomic E-state index is 11.9. The van der Waals surface area contributed by atoms with Gasteiger partial charge in [0.25, 0.3) is 0 Å². The SMILES string of the molecule is CC(C)(C)OC(=O)NCCCCCCCCNC(=O)COOC(=O)c1ccccc1C(=O)O. The Morgan fingerprint density at radius 1 is 0.848 bits per heavy atom. The molecule has 10 nitrogen and oxygen atoms in total. The third-order valence-electron chi connectivity index (χ3n) is 4.30. The summed E-state index contributed by atoms with van der Waals surface area (Å²) in [5.41, 5.74) is -0.870. The van der Waals surface area contributed by atoms with Gasteiger partial charge in [-0.2, -0.15) is 4.89 Å². The van der Waals surface area contributed by atoms with E-state index in [0.717, 1.165) is 38.5 Å². The molecule has 0 saturated carbocycles. The minimum atomic E-state index is -1.27. The van der Waals surface area contributed by atoms with E-state index in [2.05, 4.69) is 20.4 Å². The molecule has 1 aromatic rings. The molecular formula is C23H34N2O8. The molecule has 1 aromatic carbocycles. The number of unbranched alkanes of at least 4 members (excludes halogenated alkanes) is 5. The van der Waals surface area contributed by atoms with Crippen LogP contribution in [0.2, 0.25) is 0 Å². The Morgan fingerprint density at radius 3 is 1.97 bits per heavy atom. The summed E-state index contributed by atoms with van der Waals surface area (Å²) in [7, 11) is 0. The molecule has 0 unspecified atom stereocenters. The molecule has 33 heavy (non-hydrogen) atoms. The average Bonchev–Trinajstić information content (AvgIpc) is 2.73. The smallest absolute Gasteiger partial charge is 0.407 e. The fraction of sp³-hybridized carbons (Fsp3) is 0.565. The van der Waals surface area contributed by atoms with Crippen LogP contribution in [-0.2, 0) is 19.3 Å². The molecular weight excluding hydrogens is 432 g/mol. The van der Waals surface area contributed by atoms with Gasteiger partial charge in [0.2, 0.25) is 5.91 Å². The van der Waals surface area contributed by atoms with E-state index in [-0.39, 0.29) is 11.1 Å². The lowest BCUT2D eigenvalue weighted by molar-refractivity contribution is -0.237. The highest BCUT2D eigenvalue weighted by Crippen LogP contribution is 2.11. The van der Waals surface area contributed by atoms with Crippen LogP contribution in [0.1, 0.15) is 80.0 Å². The molecule has 0 aliphatic carbocycles. The van der Waals surface area contributed by atoms with E-state index in [1.807, 2.05) is 20.8 Å². The van der Waals surface area contributed by atoms with Gasteiger partial charge in [-0.1, -0.05) is 37.8 Å². The van der Waals surface area contributed by atoms with Crippen molar-refractivity contribution in [3.8, 4) is 0 Å². The molecule has 2 amide bonds. The highest BCUT2D eigenvalue weighted by Gasteiger charge is 2.18. The van der Waals surface area contributed by atoms with Crippen molar-refractivity contribution < 1.29 is 38.8 Å². The van der Waals surface area contributed by atoms with Gasteiger partial charge in [-0.25, -0.2) is 14.4 Å². The first-order valence-electron chi connectivity index (χ1n) is 11.0. The van der Waals surface area contributed by atoms with Crippen LogP contribution in [0, 0.1) is 0 Å². The van der Waals surface area contributed by atoms with Crippen molar-refractivity contribution in [3.63, 3.8) is 0 Å². The molecule has 10 heteroatoms. The fourth-order valence-electron chi connectivity index (χ4n) is 2.77. The number of carboxylic acids is 1. The van der Waals surface area contributed by atoms with Gasteiger partial charge in [-0.05, 0) is 45.7 Å². The lowest BCUT2D eigenvalue weighted by Crippen LogP contribution is -2.32. The summed E-state index contributed by atoms with van der Waals surface area (Å²) in [6, 6.07) is 5.55. The van der Waals surface area contributed by atoms with Crippen molar-refractivity contribution in [3.05, 3.63) is 35.4 Å². The van der Waals surface area contributed by atoms with Gasteiger partial charge < -0.3 is 20.5 Å². The summed E-state index contributed by atoms with van der Waals surface area (Å²) in [4.78, 5) is 55.4. The lowest BCUT2D eigenvalue weighted by atomic mass is 10.1. The van der Waals surface area contributed by atoms with E-state index < -0.39 is 36.1 Å². The van der Waals surface area contributed by atoms with Crippen molar-refractivity contribution in [2.24, 2.45) is 0 Å². The minimum absolute atomic E-state index is 0.161. The summed E-state index contributed by atoms with van der Waals surface area (Å²) >= 11 is 0. The van der Waals surface area contributed by atoms with Crippen LogP contribution < -0.4 is 10.6 Å². The number of rotatable bonds is 14. The predicted octanol–water partition coefficient (Wildman–Crippen LogP) is 3.45. The largest absolute Gasteiger partial charge is 0.478 e. The monoisotopic (exact) mass is 466 g/mol. The van der Waals surface area contributed by atoms with E-state index in [1.54, 1.807) is 0 Å². The summed E-state index contributed by atoms with van der Waals surface area (Å²) in [5.74, 6) is -2.69.